The minimum atomic E-state index is -0.198. The summed E-state index contributed by atoms with van der Waals surface area (Å²) >= 11 is 0. The highest BCUT2D eigenvalue weighted by atomic mass is 16.5. The SMILES string of the molecule is CC1CN(Cc2ccc(CNC(=O)c3cc4ccccc4o3)cc2)CC(C)O1. The monoisotopic (exact) mass is 378 g/mol. The van der Waals surface area contributed by atoms with E-state index in [4.69, 9.17) is 9.15 Å². The zero-order valence-corrected chi connectivity index (χ0v) is 16.4. The molecule has 3 aromatic rings. The van der Waals surface area contributed by atoms with Gasteiger partial charge >= 0.3 is 0 Å². The lowest BCUT2D eigenvalue weighted by Gasteiger charge is -2.35. The van der Waals surface area contributed by atoms with E-state index in [1.165, 1.54) is 5.56 Å². The normalized spacial score (nSPS) is 20.4. The van der Waals surface area contributed by atoms with Gasteiger partial charge in [0.25, 0.3) is 5.91 Å². The summed E-state index contributed by atoms with van der Waals surface area (Å²) < 4.78 is 11.4. The number of carbonyl (C=O) groups excluding carboxylic acids is 1. The van der Waals surface area contributed by atoms with E-state index in [9.17, 15) is 4.79 Å². The molecule has 1 amide bonds. The molecule has 5 heteroatoms. The molecule has 2 atom stereocenters. The standard InChI is InChI=1S/C23H26N2O3/c1-16-13-25(14-17(2)27-16)15-19-9-7-18(8-10-19)12-24-23(26)22-11-20-5-3-4-6-21(20)28-22/h3-11,16-17H,12-15H2,1-2H3,(H,24,26). The molecule has 0 radical (unpaired) electrons. The molecule has 146 valence electrons. The van der Waals surface area contributed by atoms with Crippen molar-refractivity contribution in [3.63, 3.8) is 0 Å². The van der Waals surface area contributed by atoms with E-state index in [0.717, 1.165) is 36.2 Å². The first-order chi connectivity index (χ1) is 13.6. The highest BCUT2D eigenvalue weighted by Gasteiger charge is 2.22. The fourth-order valence-corrected chi connectivity index (χ4v) is 3.80. The van der Waals surface area contributed by atoms with Gasteiger partial charge in [0, 0.05) is 31.6 Å². The van der Waals surface area contributed by atoms with Crippen LogP contribution in [0.3, 0.4) is 0 Å². The second-order valence-corrected chi connectivity index (χ2v) is 7.60. The maximum Gasteiger partial charge on any atom is 0.287 e. The topological polar surface area (TPSA) is 54.7 Å². The van der Waals surface area contributed by atoms with E-state index >= 15 is 0 Å². The Balaban J connectivity index is 1.32. The van der Waals surface area contributed by atoms with Gasteiger partial charge in [-0.15, -0.1) is 0 Å². The van der Waals surface area contributed by atoms with Gasteiger partial charge in [0.05, 0.1) is 12.2 Å². The number of amides is 1. The number of carbonyl (C=O) groups is 1. The Morgan fingerprint density at radius 3 is 2.43 bits per heavy atom. The Labute approximate surface area is 165 Å². The van der Waals surface area contributed by atoms with Gasteiger partial charge in [0.2, 0.25) is 0 Å². The maximum absolute atomic E-state index is 12.4. The van der Waals surface area contributed by atoms with Gasteiger partial charge in [0.15, 0.2) is 5.76 Å². The lowest BCUT2D eigenvalue weighted by atomic mass is 10.1. The largest absolute Gasteiger partial charge is 0.451 e. The van der Waals surface area contributed by atoms with E-state index in [-0.39, 0.29) is 18.1 Å². The maximum atomic E-state index is 12.4. The van der Waals surface area contributed by atoms with E-state index in [1.807, 2.05) is 24.3 Å². The zero-order chi connectivity index (χ0) is 19.5. The zero-order valence-electron chi connectivity index (χ0n) is 16.4. The van der Waals surface area contributed by atoms with Crippen molar-refractivity contribution in [3.8, 4) is 0 Å². The summed E-state index contributed by atoms with van der Waals surface area (Å²) in [7, 11) is 0. The first kappa shape index (κ1) is 18.7. The summed E-state index contributed by atoms with van der Waals surface area (Å²) in [5.74, 6) is 0.143. The summed E-state index contributed by atoms with van der Waals surface area (Å²) in [6.07, 6.45) is 0.549. The molecule has 1 aliphatic heterocycles. The molecule has 2 heterocycles. The van der Waals surface area contributed by atoms with Crippen LogP contribution in [-0.2, 0) is 17.8 Å². The van der Waals surface area contributed by atoms with Gasteiger partial charge < -0.3 is 14.5 Å². The predicted molar refractivity (Wildman–Crippen MR) is 109 cm³/mol. The molecule has 0 aliphatic carbocycles. The lowest BCUT2D eigenvalue weighted by molar-refractivity contribution is -0.0704. The number of hydrogen-bond donors (Lipinski definition) is 1. The van der Waals surface area contributed by atoms with Crippen LogP contribution in [0.5, 0.6) is 0 Å². The molecule has 1 saturated heterocycles. The number of nitrogens with zero attached hydrogens (tertiary/aromatic N) is 1. The summed E-state index contributed by atoms with van der Waals surface area (Å²) in [5.41, 5.74) is 3.06. The van der Waals surface area contributed by atoms with Crippen LogP contribution >= 0.6 is 0 Å². The van der Waals surface area contributed by atoms with Crippen molar-refractivity contribution in [2.24, 2.45) is 0 Å². The molecule has 5 nitrogen and oxygen atoms in total. The molecule has 1 aromatic heterocycles. The van der Waals surface area contributed by atoms with Crippen LogP contribution in [0.1, 0.15) is 35.5 Å². The summed E-state index contributed by atoms with van der Waals surface area (Å²) in [6, 6.07) is 17.8. The molecule has 1 N–H and O–H groups in total. The minimum Gasteiger partial charge on any atom is -0.451 e. The van der Waals surface area contributed by atoms with Crippen molar-refractivity contribution in [1.29, 1.82) is 0 Å². The molecule has 1 fully saturated rings. The van der Waals surface area contributed by atoms with Crippen LogP contribution in [0.4, 0.5) is 0 Å². The number of benzene rings is 2. The molecule has 2 aromatic carbocycles. The minimum absolute atomic E-state index is 0.198. The average Bonchev–Trinajstić information content (AvgIpc) is 3.11. The van der Waals surface area contributed by atoms with Crippen molar-refractivity contribution in [2.45, 2.75) is 39.1 Å². The highest BCUT2D eigenvalue weighted by molar-refractivity contribution is 5.96. The fraction of sp³-hybridized carbons (Fsp3) is 0.348. The Hall–Kier alpha value is -2.63. The van der Waals surface area contributed by atoms with E-state index in [2.05, 4.69) is 48.3 Å². The molecule has 0 bridgehead atoms. The van der Waals surface area contributed by atoms with Crippen LogP contribution in [0.2, 0.25) is 0 Å². The van der Waals surface area contributed by atoms with Gasteiger partial charge in [-0.1, -0.05) is 42.5 Å². The number of fused-ring (bicyclic) bond motifs is 1. The Morgan fingerprint density at radius 1 is 1.04 bits per heavy atom. The number of hydrogen-bond acceptors (Lipinski definition) is 4. The molecule has 0 saturated carbocycles. The number of furan rings is 1. The number of ether oxygens (including phenoxy) is 1. The van der Waals surface area contributed by atoms with Crippen molar-refractivity contribution >= 4 is 16.9 Å². The number of nitrogens with one attached hydrogen (secondary N) is 1. The third-order valence-electron chi connectivity index (χ3n) is 5.03. The smallest absolute Gasteiger partial charge is 0.287 e. The van der Waals surface area contributed by atoms with Gasteiger partial charge in [-0.3, -0.25) is 9.69 Å². The van der Waals surface area contributed by atoms with Gasteiger partial charge in [-0.25, -0.2) is 0 Å². The third-order valence-corrected chi connectivity index (χ3v) is 5.03. The second-order valence-electron chi connectivity index (χ2n) is 7.60. The van der Waals surface area contributed by atoms with Crippen molar-refractivity contribution in [3.05, 3.63) is 71.5 Å². The van der Waals surface area contributed by atoms with Gasteiger partial charge in [0.1, 0.15) is 5.58 Å². The molecule has 4 rings (SSSR count). The summed E-state index contributed by atoms with van der Waals surface area (Å²) in [6.45, 7) is 7.55. The van der Waals surface area contributed by atoms with E-state index in [1.54, 1.807) is 6.07 Å². The highest BCUT2D eigenvalue weighted by Crippen LogP contribution is 2.19. The number of para-hydroxylation sites is 1. The second kappa shape index (κ2) is 8.17. The molecular weight excluding hydrogens is 352 g/mol. The van der Waals surface area contributed by atoms with E-state index < -0.39 is 0 Å². The molecule has 2 unspecified atom stereocenters. The van der Waals surface area contributed by atoms with Crippen LogP contribution in [-0.4, -0.2) is 36.1 Å². The average molecular weight is 378 g/mol. The number of morpholine rings is 1. The molecular formula is C23H26N2O3. The van der Waals surface area contributed by atoms with Crippen molar-refractivity contribution in [1.82, 2.24) is 10.2 Å². The van der Waals surface area contributed by atoms with Gasteiger partial charge in [-0.2, -0.15) is 0 Å². The first-order valence-electron chi connectivity index (χ1n) is 9.79. The van der Waals surface area contributed by atoms with Crippen LogP contribution < -0.4 is 5.32 Å². The Morgan fingerprint density at radius 2 is 1.71 bits per heavy atom. The third kappa shape index (κ3) is 4.43. The molecule has 28 heavy (non-hydrogen) atoms. The lowest BCUT2D eigenvalue weighted by Crippen LogP contribution is -2.44. The van der Waals surface area contributed by atoms with Gasteiger partial charge in [-0.05, 0) is 37.1 Å². The predicted octanol–water partition coefficient (Wildman–Crippen LogP) is 3.97. The Kier molecular flexibility index (Phi) is 5.46. The summed E-state index contributed by atoms with van der Waals surface area (Å²) in [5, 5.41) is 3.86. The quantitative estimate of drug-likeness (QED) is 0.730. The first-order valence-corrected chi connectivity index (χ1v) is 9.79. The van der Waals surface area contributed by atoms with Crippen LogP contribution in [0.25, 0.3) is 11.0 Å². The molecule has 0 spiro atoms. The fourth-order valence-electron chi connectivity index (χ4n) is 3.80. The molecule has 1 aliphatic rings. The van der Waals surface area contributed by atoms with Crippen molar-refractivity contribution in [2.75, 3.05) is 13.1 Å². The summed E-state index contributed by atoms with van der Waals surface area (Å²) in [4.78, 5) is 14.8. The number of rotatable bonds is 5. The van der Waals surface area contributed by atoms with Crippen molar-refractivity contribution < 1.29 is 13.9 Å². The Bertz CT molecular complexity index is 905. The van der Waals surface area contributed by atoms with E-state index in [0.29, 0.717) is 12.3 Å². The van der Waals surface area contributed by atoms with Crippen LogP contribution in [0, 0.1) is 0 Å². The van der Waals surface area contributed by atoms with Crippen LogP contribution in [0.15, 0.2) is 59.0 Å².